The second-order valence-electron chi connectivity index (χ2n) is 4.29. The highest BCUT2D eigenvalue weighted by Gasteiger charge is 2.14. The largest absolute Gasteiger partial charge is 0.458 e. The second-order valence-corrected chi connectivity index (χ2v) is 4.29. The standard InChI is InChI=1S/C12H15N5O/c1-9-2-3-10(18-9)12-15-11(8-14-16-12)17-6-4-13-5-7-17/h2-3,8,13H,4-7H2,1H3. The summed E-state index contributed by atoms with van der Waals surface area (Å²) in [6.45, 7) is 5.72. The van der Waals surface area contributed by atoms with E-state index in [9.17, 15) is 0 Å². The minimum absolute atomic E-state index is 0.541. The Labute approximate surface area is 105 Å². The van der Waals surface area contributed by atoms with Gasteiger partial charge in [-0.3, -0.25) is 0 Å². The van der Waals surface area contributed by atoms with E-state index in [1.165, 1.54) is 0 Å². The fourth-order valence-electron chi connectivity index (χ4n) is 2.00. The smallest absolute Gasteiger partial charge is 0.219 e. The molecule has 3 heterocycles. The van der Waals surface area contributed by atoms with Gasteiger partial charge in [-0.25, -0.2) is 4.98 Å². The average Bonchev–Trinajstić information content (AvgIpc) is 2.87. The normalized spacial score (nSPS) is 15.9. The molecule has 0 unspecified atom stereocenters. The topological polar surface area (TPSA) is 67.1 Å². The first-order chi connectivity index (χ1) is 8.83. The summed E-state index contributed by atoms with van der Waals surface area (Å²) < 4.78 is 5.52. The number of hydrogen-bond acceptors (Lipinski definition) is 6. The molecule has 1 saturated heterocycles. The highest BCUT2D eigenvalue weighted by Crippen LogP contribution is 2.19. The van der Waals surface area contributed by atoms with E-state index in [2.05, 4.69) is 25.4 Å². The highest BCUT2D eigenvalue weighted by atomic mass is 16.3. The lowest BCUT2D eigenvalue weighted by Crippen LogP contribution is -2.44. The van der Waals surface area contributed by atoms with Gasteiger partial charge in [0.15, 0.2) is 11.6 Å². The second kappa shape index (κ2) is 4.73. The predicted molar refractivity (Wildman–Crippen MR) is 67.3 cm³/mol. The lowest BCUT2D eigenvalue weighted by Gasteiger charge is -2.27. The minimum Gasteiger partial charge on any atom is -0.458 e. The van der Waals surface area contributed by atoms with Crippen LogP contribution in [0.4, 0.5) is 5.82 Å². The molecular formula is C12H15N5O. The Morgan fingerprint density at radius 2 is 2.11 bits per heavy atom. The summed E-state index contributed by atoms with van der Waals surface area (Å²) in [5.74, 6) is 2.91. The Kier molecular flexibility index (Phi) is 2.93. The fraction of sp³-hybridized carbons (Fsp3) is 0.417. The molecule has 2 aromatic heterocycles. The van der Waals surface area contributed by atoms with E-state index in [-0.39, 0.29) is 0 Å². The Morgan fingerprint density at radius 1 is 1.28 bits per heavy atom. The Balaban J connectivity index is 1.88. The average molecular weight is 245 g/mol. The summed E-state index contributed by atoms with van der Waals surface area (Å²) >= 11 is 0. The van der Waals surface area contributed by atoms with Gasteiger partial charge in [0.05, 0.1) is 6.20 Å². The molecule has 0 atom stereocenters. The molecule has 1 N–H and O–H groups in total. The van der Waals surface area contributed by atoms with Crippen LogP contribution in [0.5, 0.6) is 0 Å². The summed E-state index contributed by atoms with van der Waals surface area (Å²) in [4.78, 5) is 6.71. The maximum atomic E-state index is 5.52. The van der Waals surface area contributed by atoms with Gasteiger partial charge in [-0.1, -0.05) is 0 Å². The molecule has 1 fully saturated rings. The van der Waals surface area contributed by atoms with Gasteiger partial charge in [-0.15, -0.1) is 5.10 Å². The maximum absolute atomic E-state index is 5.52. The van der Waals surface area contributed by atoms with Crippen LogP contribution in [0.2, 0.25) is 0 Å². The SMILES string of the molecule is Cc1ccc(-c2nncc(N3CCNCC3)n2)o1. The van der Waals surface area contributed by atoms with E-state index in [4.69, 9.17) is 4.42 Å². The number of aromatic nitrogens is 3. The molecule has 0 radical (unpaired) electrons. The Hall–Kier alpha value is -1.95. The van der Waals surface area contributed by atoms with Crippen molar-refractivity contribution in [1.82, 2.24) is 20.5 Å². The molecular weight excluding hydrogens is 230 g/mol. The molecule has 0 aromatic carbocycles. The van der Waals surface area contributed by atoms with E-state index >= 15 is 0 Å². The summed E-state index contributed by atoms with van der Waals surface area (Å²) in [5, 5.41) is 11.3. The first kappa shape index (κ1) is 11.2. The summed E-state index contributed by atoms with van der Waals surface area (Å²) in [6.07, 6.45) is 1.70. The van der Waals surface area contributed by atoms with E-state index in [1.54, 1.807) is 6.20 Å². The molecule has 0 amide bonds. The third-order valence-corrected chi connectivity index (χ3v) is 2.95. The number of aryl methyl sites for hydroxylation is 1. The van der Waals surface area contributed by atoms with Crippen LogP contribution in [-0.2, 0) is 0 Å². The van der Waals surface area contributed by atoms with Gasteiger partial charge in [-0.05, 0) is 19.1 Å². The molecule has 0 aliphatic carbocycles. The highest BCUT2D eigenvalue weighted by molar-refractivity contribution is 5.50. The van der Waals surface area contributed by atoms with Gasteiger partial charge in [0.1, 0.15) is 5.76 Å². The molecule has 0 spiro atoms. The number of furan rings is 1. The summed E-state index contributed by atoms with van der Waals surface area (Å²) in [6, 6.07) is 3.77. The van der Waals surface area contributed by atoms with E-state index in [1.807, 2.05) is 19.1 Å². The quantitative estimate of drug-likeness (QED) is 0.846. The van der Waals surface area contributed by atoms with Gasteiger partial charge < -0.3 is 14.6 Å². The van der Waals surface area contributed by atoms with E-state index in [0.717, 1.165) is 37.8 Å². The Morgan fingerprint density at radius 3 is 2.83 bits per heavy atom. The monoisotopic (exact) mass is 245 g/mol. The summed E-state index contributed by atoms with van der Waals surface area (Å²) in [5.41, 5.74) is 0. The number of rotatable bonds is 2. The molecule has 0 saturated carbocycles. The number of nitrogens with zero attached hydrogens (tertiary/aromatic N) is 4. The van der Waals surface area contributed by atoms with Crippen molar-refractivity contribution in [3.05, 3.63) is 24.1 Å². The van der Waals surface area contributed by atoms with Crippen molar-refractivity contribution in [2.24, 2.45) is 0 Å². The predicted octanol–water partition coefficient (Wildman–Crippen LogP) is 0.850. The van der Waals surface area contributed by atoms with Crippen LogP contribution in [-0.4, -0.2) is 41.4 Å². The van der Waals surface area contributed by atoms with Crippen LogP contribution >= 0.6 is 0 Å². The number of hydrogen-bond donors (Lipinski definition) is 1. The molecule has 1 aliphatic rings. The van der Waals surface area contributed by atoms with Gasteiger partial charge in [0.25, 0.3) is 0 Å². The molecule has 18 heavy (non-hydrogen) atoms. The molecule has 0 bridgehead atoms. The maximum Gasteiger partial charge on any atom is 0.219 e. The molecule has 6 nitrogen and oxygen atoms in total. The van der Waals surface area contributed by atoms with Gasteiger partial charge in [-0.2, -0.15) is 5.10 Å². The zero-order chi connectivity index (χ0) is 12.4. The van der Waals surface area contributed by atoms with Gasteiger partial charge >= 0.3 is 0 Å². The van der Waals surface area contributed by atoms with Crippen molar-refractivity contribution in [2.75, 3.05) is 31.1 Å². The van der Waals surface area contributed by atoms with Crippen molar-refractivity contribution >= 4 is 5.82 Å². The number of piperazine rings is 1. The van der Waals surface area contributed by atoms with Crippen LogP contribution < -0.4 is 10.2 Å². The van der Waals surface area contributed by atoms with Crippen LogP contribution in [0.1, 0.15) is 5.76 Å². The van der Waals surface area contributed by atoms with Crippen molar-refractivity contribution in [2.45, 2.75) is 6.92 Å². The molecule has 1 aliphatic heterocycles. The molecule has 2 aromatic rings. The van der Waals surface area contributed by atoms with Gasteiger partial charge in [0, 0.05) is 26.2 Å². The van der Waals surface area contributed by atoms with Crippen molar-refractivity contribution in [1.29, 1.82) is 0 Å². The fourth-order valence-corrected chi connectivity index (χ4v) is 2.00. The first-order valence-corrected chi connectivity index (χ1v) is 6.05. The molecule has 6 heteroatoms. The third-order valence-electron chi connectivity index (χ3n) is 2.95. The summed E-state index contributed by atoms with van der Waals surface area (Å²) in [7, 11) is 0. The van der Waals surface area contributed by atoms with Gasteiger partial charge in [0.2, 0.25) is 5.82 Å². The van der Waals surface area contributed by atoms with Crippen molar-refractivity contribution in [3.8, 4) is 11.6 Å². The lowest BCUT2D eigenvalue weighted by atomic mass is 10.3. The zero-order valence-electron chi connectivity index (χ0n) is 10.3. The van der Waals surface area contributed by atoms with Crippen molar-refractivity contribution in [3.63, 3.8) is 0 Å². The zero-order valence-corrected chi connectivity index (χ0v) is 10.3. The van der Waals surface area contributed by atoms with Crippen LogP contribution in [0.15, 0.2) is 22.7 Å². The van der Waals surface area contributed by atoms with Crippen LogP contribution in [0, 0.1) is 6.92 Å². The van der Waals surface area contributed by atoms with Crippen LogP contribution in [0.25, 0.3) is 11.6 Å². The van der Waals surface area contributed by atoms with Crippen molar-refractivity contribution < 1.29 is 4.42 Å². The Bertz CT molecular complexity index is 533. The number of anilines is 1. The molecule has 3 rings (SSSR count). The third kappa shape index (κ3) is 2.19. The molecule has 94 valence electrons. The minimum atomic E-state index is 0.541. The van der Waals surface area contributed by atoms with Crippen LogP contribution in [0.3, 0.4) is 0 Å². The first-order valence-electron chi connectivity index (χ1n) is 6.05. The lowest BCUT2D eigenvalue weighted by molar-refractivity contribution is 0.541. The number of nitrogens with one attached hydrogen (secondary N) is 1. The van der Waals surface area contributed by atoms with E-state index < -0.39 is 0 Å². The van der Waals surface area contributed by atoms with E-state index in [0.29, 0.717) is 11.6 Å².